The van der Waals surface area contributed by atoms with Crippen LogP contribution in [0.1, 0.15) is 31.5 Å². The van der Waals surface area contributed by atoms with E-state index in [1.54, 1.807) is 31.3 Å². The first-order valence-electron chi connectivity index (χ1n) is 11.2. The van der Waals surface area contributed by atoms with Crippen molar-refractivity contribution in [3.63, 3.8) is 0 Å². The van der Waals surface area contributed by atoms with Gasteiger partial charge in [0.15, 0.2) is 0 Å². The Balaban J connectivity index is 1.39. The van der Waals surface area contributed by atoms with Gasteiger partial charge in [0, 0.05) is 36.7 Å². The Labute approximate surface area is 204 Å². The predicted octanol–water partition coefficient (Wildman–Crippen LogP) is 4.95. The van der Waals surface area contributed by atoms with E-state index in [9.17, 15) is 18.4 Å². The quantitative estimate of drug-likeness (QED) is 0.428. The van der Waals surface area contributed by atoms with Crippen LogP contribution in [0, 0.1) is 6.92 Å². The summed E-state index contributed by atoms with van der Waals surface area (Å²) >= 11 is 1.19. The number of benzene rings is 2. The van der Waals surface area contributed by atoms with Crippen LogP contribution in [0.3, 0.4) is 0 Å². The van der Waals surface area contributed by atoms with Gasteiger partial charge in [0.1, 0.15) is 10.9 Å². The molecule has 3 heterocycles. The third kappa shape index (κ3) is 4.39. The lowest BCUT2D eigenvalue weighted by Gasteiger charge is -2.28. The van der Waals surface area contributed by atoms with Crippen LogP contribution in [0.4, 0.5) is 8.78 Å². The lowest BCUT2D eigenvalue weighted by atomic mass is 10.1. The molecule has 2 amide bonds. The fourth-order valence-electron chi connectivity index (χ4n) is 4.39. The van der Waals surface area contributed by atoms with Gasteiger partial charge in [-0.05, 0) is 19.1 Å². The number of hydrogen-bond acceptors (Lipinski definition) is 5. The minimum Gasteiger partial charge on any atom is -0.350 e. The fraction of sp³-hybridized carbons (Fsp3) is 0.231. The van der Waals surface area contributed by atoms with Gasteiger partial charge in [-0.25, -0.2) is 13.8 Å². The number of aromatic nitrogens is 2. The Morgan fingerprint density at radius 2 is 1.89 bits per heavy atom. The van der Waals surface area contributed by atoms with Crippen LogP contribution in [0.15, 0.2) is 66.9 Å². The summed E-state index contributed by atoms with van der Waals surface area (Å²) in [7, 11) is 0. The molecule has 178 valence electrons. The molecule has 9 heteroatoms. The van der Waals surface area contributed by atoms with Crippen LogP contribution >= 0.6 is 11.3 Å². The number of halogens is 2. The topological polar surface area (TPSA) is 75.2 Å². The molecule has 1 aliphatic rings. The number of aryl methyl sites for hydroxylation is 1. The smallest absolute Gasteiger partial charge is 0.271 e. The van der Waals surface area contributed by atoms with Crippen molar-refractivity contribution in [3.8, 4) is 11.3 Å². The molecule has 1 aliphatic heterocycles. The van der Waals surface area contributed by atoms with E-state index in [2.05, 4.69) is 15.3 Å². The number of hydrogen-bond donors (Lipinski definition) is 1. The third-order valence-electron chi connectivity index (χ3n) is 6.12. The Morgan fingerprint density at radius 1 is 1.11 bits per heavy atom. The standard InChI is InChI=1S/C26H22F2N4O2S/c1-16-31-22(18-7-3-2-4-8-18)23(35-16)25(34)32-14-12-26(27,28)20(32)15-30-24(33)19-11-5-9-17-10-6-13-29-21(17)19/h2-11,13,20H,12,14-15H2,1H3,(H,30,33)/t20-/m1/s1. The molecule has 4 aromatic rings. The molecule has 0 bridgehead atoms. The molecular formula is C26H22F2N4O2S. The average molecular weight is 493 g/mol. The van der Waals surface area contributed by atoms with Crippen molar-refractivity contribution in [2.45, 2.75) is 25.3 Å². The minimum absolute atomic E-state index is 0.104. The van der Waals surface area contributed by atoms with Crippen LogP contribution in [-0.4, -0.2) is 51.7 Å². The first kappa shape index (κ1) is 23.0. The summed E-state index contributed by atoms with van der Waals surface area (Å²) in [5, 5.41) is 4.06. The molecule has 1 fully saturated rings. The number of para-hydroxylation sites is 1. The van der Waals surface area contributed by atoms with Crippen LogP contribution in [0.2, 0.25) is 0 Å². The molecule has 2 aromatic heterocycles. The summed E-state index contributed by atoms with van der Waals surface area (Å²) in [6.45, 7) is 1.30. The molecule has 0 saturated carbocycles. The molecule has 6 nitrogen and oxygen atoms in total. The number of carbonyl (C=O) groups is 2. The first-order valence-corrected chi connectivity index (χ1v) is 12.0. The zero-order valence-corrected chi connectivity index (χ0v) is 19.7. The Kier molecular flexibility index (Phi) is 6.02. The van der Waals surface area contributed by atoms with Crippen molar-refractivity contribution in [1.29, 1.82) is 0 Å². The van der Waals surface area contributed by atoms with E-state index in [1.165, 1.54) is 16.2 Å². The van der Waals surface area contributed by atoms with Gasteiger partial charge in [-0.2, -0.15) is 0 Å². The van der Waals surface area contributed by atoms with E-state index < -0.39 is 30.2 Å². The van der Waals surface area contributed by atoms with Crippen molar-refractivity contribution < 1.29 is 18.4 Å². The van der Waals surface area contributed by atoms with Gasteiger partial charge in [0.05, 0.1) is 21.8 Å². The van der Waals surface area contributed by atoms with E-state index >= 15 is 0 Å². The van der Waals surface area contributed by atoms with Gasteiger partial charge in [0.25, 0.3) is 17.7 Å². The normalized spacial score (nSPS) is 17.0. The number of nitrogens with one attached hydrogen (secondary N) is 1. The maximum Gasteiger partial charge on any atom is 0.271 e. The molecule has 1 atom stereocenters. The maximum atomic E-state index is 14.9. The number of pyridine rings is 1. The summed E-state index contributed by atoms with van der Waals surface area (Å²) in [5.41, 5.74) is 2.02. The van der Waals surface area contributed by atoms with Gasteiger partial charge in [0.2, 0.25) is 0 Å². The van der Waals surface area contributed by atoms with E-state index in [4.69, 9.17) is 0 Å². The second-order valence-corrected chi connectivity index (χ2v) is 9.60. The number of alkyl halides is 2. The van der Waals surface area contributed by atoms with Crippen LogP contribution in [0.5, 0.6) is 0 Å². The number of carbonyl (C=O) groups excluding carboxylic acids is 2. The van der Waals surface area contributed by atoms with E-state index in [0.717, 1.165) is 10.9 Å². The molecule has 35 heavy (non-hydrogen) atoms. The van der Waals surface area contributed by atoms with Crippen molar-refractivity contribution in [2.24, 2.45) is 0 Å². The molecule has 0 unspecified atom stereocenters. The largest absolute Gasteiger partial charge is 0.350 e. The second-order valence-electron chi connectivity index (χ2n) is 8.39. The summed E-state index contributed by atoms with van der Waals surface area (Å²) in [6.07, 6.45) is 1.11. The van der Waals surface area contributed by atoms with Gasteiger partial charge in [-0.15, -0.1) is 11.3 Å². The van der Waals surface area contributed by atoms with Crippen molar-refractivity contribution in [1.82, 2.24) is 20.2 Å². The number of amides is 2. The van der Waals surface area contributed by atoms with E-state index in [1.807, 2.05) is 42.5 Å². The fourth-order valence-corrected chi connectivity index (χ4v) is 5.29. The average Bonchev–Trinajstić information content (AvgIpc) is 3.41. The van der Waals surface area contributed by atoms with Gasteiger partial charge >= 0.3 is 0 Å². The summed E-state index contributed by atoms with van der Waals surface area (Å²) in [4.78, 5) is 36.6. The van der Waals surface area contributed by atoms with E-state index in [0.29, 0.717) is 26.7 Å². The SMILES string of the molecule is Cc1nc(-c2ccccc2)c(C(=O)N2CCC(F)(F)[C@H]2CNC(=O)c2cccc3cccnc23)s1. The lowest BCUT2D eigenvalue weighted by Crippen LogP contribution is -2.49. The number of rotatable bonds is 5. The Bertz CT molecular complexity index is 1400. The third-order valence-corrected chi connectivity index (χ3v) is 7.08. The monoisotopic (exact) mass is 492 g/mol. The predicted molar refractivity (Wildman–Crippen MR) is 131 cm³/mol. The number of thiazole rings is 1. The van der Waals surface area contributed by atoms with E-state index in [-0.39, 0.29) is 13.1 Å². The second kappa shape index (κ2) is 9.14. The molecule has 0 radical (unpaired) electrons. The molecule has 0 aliphatic carbocycles. The first-order chi connectivity index (χ1) is 16.8. The van der Waals surface area contributed by atoms with Crippen LogP contribution in [-0.2, 0) is 0 Å². The molecular weight excluding hydrogens is 470 g/mol. The zero-order valence-electron chi connectivity index (χ0n) is 18.9. The number of fused-ring (bicyclic) bond motifs is 1. The van der Waals surface area contributed by atoms with Crippen LogP contribution < -0.4 is 5.32 Å². The number of nitrogens with zero attached hydrogens (tertiary/aromatic N) is 3. The van der Waals surface area contributed by atoms with Gasteiger partial charge in [-0.1, -0.05) is 48.5 Å². The molecule has 0 spiro atoms. The highest BCUT2D eigenvalue weighted by atomic mass is 32.1. The Hall–Kier alpha value is -3.72. The molecule has 2 aromatic carbocycles. The summed E-state index contributed by atoms with van der Waals surface area (Å²) < 4.78 is 29.8. The minimum atomic E-state index is -3.13. The highest BCUT2D eigenvalue weighted by molar-refractivity contribution is 7.14. The summed E-state index contributed by atoms with van der Waals surface area (Å²) in [5.74, 6) is -4.15. The highest BCUT2D eigenvalue weighted by Crippen LogP contribution is 2.37. The van der Waals surface area contributed by atoms with Crippen molar-refractivity contribution in [2.75, 3.05) is 13.1 Å². The Morgan fingerprint density at radius 3 is 2.69 bits per heavy atom. The van der Waals surface area contributed by atoms with Gasteiger partial charge in [-0.3, -0.25) is 14.6 Å². The van der Waals surface area contributed by atoms with Crippen molar-refractivity contribution in [3.05, 3.63) is 82.3 Å². The molecule has 1 N–H and O–H groups in total. The summed E-state index contributed by atoms with van der Waals surface area (Å²) in [6, 6.07) is 16.5. The van der Waals surface area contributed by atoms with Gasteiger partial charge < -0.3 is 10.2 Å². The zero-order chi connectivity index (χ0) is 24.6. The highest BCUT2D eigenvalue weighted by Gasteiger charge is 2.51. The number of likely N-dealkylation sites (tertiary alicyclic amines) is 1. The molecule has 1 saturated heterocycles. The molecule has 5 rings (SSSR count). The maximum absolute atomic E-state index is 14.9. The van der Waals surface area contributed by atoms with Crippen LogP contribution in [0.25, 0.3) is 22.2 Å². The lowest BCUT2D eigenvalue weighted by molar-refractivity contribution is -0.0281. The van der Waals surface area contributed by atoms with Crippen molar-refractivity contribution >= 4 is 34.1 Å².